The van der Waals surface area contributed by atoms with E-state index in [0.717, 1.165) is 31.7 Å². The van der Waals surface area contributed by atoms with Gasteiger partial charge in [-0.3, -0.25) is 9.48 Å². The summed E-state index contributed by atoms with van der Waals surface area (Å²) < 4.78 is 1.61. The molecule has 88 valence electrons. The van der Waals surface area contributed by atoms with Crippen molar-refractivity contribution in [1.29, 1.82) is 0 Å². The minimum atomic E-state index is 0.101. The number of amides is 1. The van der Waals surface area contributed by atoms with Gasteiger partial charge in [0.2, 0.25) is 5.91 Å². The van der Waals surface area contributed by atoms with Gasteiger partial charge in [-0.05, 0) is 6.92 Å². The summed E-state index contributed by atoms with van der Waals surface area (Å²) in [7, 11) is 0. The van der Waals surface area contributed by atoms with Crippen LogP contribution in [0.15, 0.2) is 6.20 Å². The van der Waals surface area contributed by atoms with E-state index >= 15 is 0 Å². The standard InChI is InChI=1S/C10H17N5O/c1-8-6-15(13-10(8)11)7-9(16)14-4-2-12-3-5-14/h6,12H,2-5,7H2,1H3,(H2,11,13). The summed E-state index contributed by atoms with van der Waals surface area (Å²) in [5.74, 6) is 0.595. The van der Waals surface area contributed by atoms with E-state index in [-0.39, 0.29) is 12.5 Å². The molecule has 6 nitrogen and oxygen atoms in total. The molecule has 1 amide bonds. The number of hydrogen-bond donors (Lipinski definition) is 2. The Hall–Kier alpha value is -1.56. The normalized spacial score (nSPS) is 16.4. The Morgan fingerprint density at radius 2 is 2.25 bits per heavy atom. The second-order valence-corrected chi connectivity index (χ2v) is 4.03. The maximum Gasteiger partial charge on any atom is 0.244 e. The predicted molar refractivity (Wildman–Crippen MR) is 60.8 cm³/mol. The summed E-state index contributed by atoms with van der Waals surface area (Å²) in [5, 5.41) is 7.29. The van der Waals surface area contributed by atoms with Gasteiger partial charge in [0.25, 0.3) is 0 Å². The van der Waals surface area contributed by atoms with Crippen LogP contribution in [0.3, 0.4) is 0 Å². The summed E-state index contributed by atoms with van der Waals surface area (Å²) >= 11 is 0. The second-order valence-electron chi connectivity index (χ2n) is 4.03. The molecule has 0 atom stereocenters. The van der Waals surface area contributed by atoms with Crippen molar-refractivity contribution in [2.75, 3.05) is 31.9 Å². The van der Waals surface area contributed by atoms with Crippen LogP contribution in [0.25, 0.3) is 0 Å². The number of nitrogens with one attached hydrogen (secondary N) is 1. The Balaban J connectivity index is 1.95. The van der Waals surface area contributed by atoms with Gasteiger partial charge in [-0.2, -0.15) is 5.10 Å². The first kappa shape index (κ1) is 10.9. The summed E-state index contributed by atoms with van der Waals surface area (Å²) in [5.41, 5.74) is 6.54. The number of piperazine rings is 1. The first-order chi connectivity index (χ1) is 7.66. The highest BCUT2D eigenvalue weighted by atomic mass is 16.2. The van der Waals surface area contributed by atoms with Crippen molar-refractivity contribution in [3.63, 3.8) is 0 Å². The Kier molecular flexibility index (Phi) is 3.09. The van der Waals surface area contributed by atoms with E-state index in [9.17, 15) is 4.79 Å². The lowest BCUT2D eigenvalue weighted by molar-refractivity contribution is -0.132. The Bertz CT molecular complexity index is 361. The van der Waals surface area contributed by atoms with Crippen LogP contribution in [-0.4, -0.2) is 46.8 Å². The quantitative estimate of drug-likeness (QED) is 0.688. The van der Waals surface area contributed by atoms with E-state index < -0.39 is 0 Å². The third kappa shape index (κ3) is 2.33. The maximum absolute atomic E-state index is 11.9. The highest BCUT2D eigenvalue weighted by molar-refractivity contribution is 5.76. The second kappa shape index (κ2) is 4.52. The monoisotopic (exact) mass is 223 g/mol. The first-order valence-electron chi connectivity index (χ1n) is 5.45. The molecule has 1 aliphatic heterocycles. The molecule has 0 saturated carbocycles. The molecule has 1 aliphatic rings. The summed E-state index contributed by atoms with van der Waals surface area (Å²) in [6, 6.07) is 0. The van der Waals surface area contributed by atoms with E-state index in [4.69, 9.17) is 5.73 Å². The van der Waals surface area contributed by atoms with Crippen LogP contribution in [0.2, 0.25) is 0 Å². The number of nitrogens with two attached hydrogens (primary N) is 1. The minimum absolute atomic E-state index is 0.101. The summed E-state index contributed by atoms with van der Waals surface area (Å²) in [6.07, 6.45) is 1.80. The van der Waals surface area contributed by atoms with Crippen molar-refractivity contribution in [2.24, 2.45) is 0 Å². The molecule has 0 bridgehead atoms. The molecule has 16 heavy (non-hydrogen) atoms. The Morgan fingerprint density at radius 1 is 1.56 bits per heavy atom. The topological polar surface area (TPSA) is 76.2 Å². The third-order valence-electron chi connectivity index (χ3n) is 2.75. The maximum atomic E-state index is 11.9. The van der Waals surface area contributed by atoms with Gasteiger partial charge in [-0.25, -0.2) is 0 Å². The van der Waals surface area contributed by atoms with Crippen LogP contribution in [-0.2, 0) is 11.3 Å². The molecule has 1 aromatic rings. The van der Waals surface area contributed by atoms with Crippen molar-refractivity contribution in [2.45, 2.75) is 13.5 Å². The molecule has 0 aromatic carbocycles. The van der Waals surface area contributed by atoms with Crippen LogP contribution in [0.1, 0.15) is 5.56 Å². The van der Waals surface area contributed by atoms with Gasteiger partial charge in [0.15, 0.2) is 0 Å². The van der Waals surface area contributed by atoms with Crippen molar-refractivity contribution < 1.29 is 4.79 Å². The minimum Gasteiger partial charge on any atom is -0.382 e. The number of carbonyl (C=O) groups is 1. The SMILES string of the molecule is Cc1cn(CC(=O)N2CCNCC2)nc1N. The van der Waals surface area contributed by atoms with Gasteiger partial charge in [0.1, 0.15) is 12.4 Å². The number of nitrogens with zero attached hydrogens (tertiary/aromatic N) is 3. The van der Waals surface area contributed by atoms with Gasteiger partial charge in [-0.1, -0.05) is 0 Å². The van der Waals surface area contributed by atoms with E-state index in [1.807, 2.05) is 11.8 Å². The highest BCUT2D eigenvalue weighted by Crippen LogP contribution is 2.06. The number of hydrogen-bond acceptors (Lipinski definition) is 4. The van der Waals surface area contributed by atoms with Crippen LogP contribution >= 0.6 is 0 Å². The number of carbonyl (C=O) groups excluding carboxylic acids is 1. The van der Waals surface area contributed by atoms with Gasteiger partial charge < -0.3 is 16.0 Å². The van der Waals surface area contributed by atoms with Crippen LogP contribution in [0, 0.1) is 6.92 Å². The zero-order valence-electron chi connectivity index (χ0n) is 9.44. The van der Waals surface area contributed by atoms with E-state index in [1.54, 1.807) is 10.9 Å². The van der Waals surface area contributed by atoms with Crippen molar-refractivity contribution in [3.05, 3.63) is 11.8 Å². The Labute approximate surface area is 94.4 Å². The average molecular weight is 223 g/mol. The van der Waals surface area contributed by atoms with E-state index in [0.29, 0.717) is 5.82 Å². The van der Waals surface area contributed by atoms with Crippen LogP contribution < -0.4 is 11.1 Å². The van der Waals surface area contributed by atoms with E-state index in [2.05, 4.69) is 10.4 Å². The van der Waals surface area contributed by atoms with Gasteiger partial charge in [0, 0.05) is 37.9 Å². The highest BCUT2D eigenvalue weighted by Gasteiger charge is 2.16. The fourth-order valence-electron chi connectivity index (χ4n) is 1.77. The zero-order chi connectivity index (χ0) is 11.5. The van der Waals surface area contributed by atoms with Gasteiger partial charge in [0.05, 0.1) is 0 Å². The lowest BCUT2D eigenvalue weighted by atomic mass is 10.3. The number of nitrogen functional groups attached to an aromatic ring is 1. The molecular formula is C10H17N5O. The fraction of sp³-hybridized carbons (Fsp3) is 0.600. The van der Waals surface area contributed by atoms with Crippen molar-refractivity contribution >= 4 is 11.7 Å². The zero-order valence-corrected chi connectivity index (χ0v) is 9.44. The lowest BCUT2D eigenvalue weighted by Crippen LogP contribution is -2.47. The summed E-state index contributed by atoms with van der Waals surface area (Å²) in [4.78, 5) is 13.7. The molecule has 0 unspecified atom stereocenters. The van der Waals surface area contributed by atoms with Crippen molar-refractivity contribution in [1.82, 2.24) is 20.0 Å². The molecule has 3 N–H and O–H groups in total. The average Bonchev–Trinajstić information content (AvgIpc) is 2.59. The van der Waals surface area contributed by atoms with Crippen LogP contribution in [0.4, 0.5) is 5.82 Å². The molecule has 1 saturated heterocycles. The van der Waals surface area contributed by atoms with Crippen LogP contribution in [0.5, 0.6) is 0 Å². The smallest absolute Gasteiger partial charge is 0.244 e. The predicted octanol–water partition coefficient (Wildman–Crippen LogP) is -0.794. The van der Waals surface area contributed by atoms with E-state index in [1.165, 1.54) is 0 Å². The number of aryl methyl sites for hydroxylation is 1. The molecule has 2 heterocycles. The molecule has 1 fully saturated rings. The van der Waals surface area contributed by atoms with Gasteiger partial charge in [-0.15, -0.1) is 0 Å². The number of anilines is 1. The lowest BCUT2D eigenvalue weighted by Gasteiger charge is -2.27. The molecule has 0 aliphatic carbocycles. The Morgan fingerprint density at radius 3 is 2.81 bits per heavy atom. The number of aromatic nitrogens is 2. The van der Waals surface area contributed by atoms with Crippen molar-refractivity contribution in [3.8, 4) is 0 Å². The molecule has 6 heteroatoms. The largest absolute Gasteiger partial charge is 0.382 e. The fourth-order valence-corrected chi connectivity index (χ4v) is 1.77. The first-order valence-corrected chi connectivity index (χ1v) is 5.45. The molecule has 2 rings (SSSR count). The summed E-state index contributed by atoms with van der Waals surface area (Å²) in [6.45, 7) is 5.44. The number of rotatable bonds is 2. The molecule has 1 aromatic heterocycles. The molecule has 0 radical (unpaired) electrons. The van der Waals surface area contributed by atoms with Gasteiger partial charge >= 0.3 is 0 Å². The molecule has 0 spiro atoms. The third-order valence-corrected chi connectivity index (χ3v) is 2.75. The molecular weight excluding hydrogens is 206 g/mol.